The number of carbonyl (C=O) groups is 1. The van der Waals surface area contributed by atoms with Crippen molar-refractivity contribution in [2.45, 2.75) is 51.5 Å². The fourth-order valence-corrected chi connectivity index (χ4v) is 3.43. The zero-order valence-electron chi connectivity index (χ0n) is 13.4. The Morgan fingerprint density at radius 2 is 2.23 bits per heavy atom. The molecule has 2 aliphatic rings. The first-order valence-electron chi connectivity index (χ1n) is 8.19. The molecule has 5 heteroatoms. The number of nitrogens with one attached hydrogen (secondary N) is 1. The molecule has 2 saturated heterocycles. The maximum Gasteiger partial charge on any atom is 0.249 e. The standard InChI is InChI=1S/C17H25N3O2/c1-12(2)19-17(21)15-9-14-5-8-20(11-16(14)22-15)10-13-3-6-18-7-4-13/h3-4,6-7,12,14-16H,5,8-11H2,1-2H3,(H,19,21)/t14-,15-,16-/m0/s1. The predicted molar refractivity (Wildman–Crippen MR) is 84.2 cm³/mol. The molecule has 1 aromatic rings. The highest BCUT2D eigenvalue weighted by molar-refractivity contribution is 5.81. The molecule has 1 N–H and O–H groups in total. The van der Waals surface area contributed by atoms with Crippen molar-refractivity contribution in [3.8, 4) is 0 Å². The fraction of sp³-hybridized carbons (Fsp3) is 0.647. The van der Waals surface area contributed by atoms with E-state index in [9.17, 15) is 4.79 Å². The van der Waals surface area contributed by atoms with Crippen LogP contribution in [0.25, 0.3) is 0 Å². The van der Waals surface area contributed by atoms with Crippen LogP contribution in [0.15, 0.2) is 24.5 Å². The molecule has 0 radical (unpaired) electrons. The van der Waals surface area contributed by atoms with Crippen LogP contribution in [-0.4, -0.2) is 47.1 Å². The van der Waals surface area contributed by atoms with Crippen LogP contribution in [0.5, 0.6) is 0 Å². The van der Waals surface area contributed by atoms with Gasteiger partial charge in [-0.3, -0.25) is 14.7 Å². The predicted octanol–water partition coefficient (Wildman–Crippen LogP) is 1.59. The minimum Gasteiger partial charge on any atom is -0.364 e. The summed E-state index contributed by atoms with van der Waals surface area (Å²) in [5.41, 5.74) is 1.28. The Morgan fingerprint density at radius 1 is 1.45 bits per heavy atom. The minimum atomic E-state index is -0.265. The summed E-state index contributed by atoms with van der Waals surface area (Å²) in [6.07, 6.45) is 5.57. The second-order valence-electron chi connectivity index (χ2n) is 6.70. The first-order valence-corrected chi connectivity index (χ1v) is 8.19. The van der Waals surface area contributed by atoms with Crippen molar-refractivity contribution in [1.82, 2.24) is 15.2 Å². The van der Waals surface area contributed by atoms with E-state index < -0.39 is 0 Å². The number of hydrogen-bond donors (Lipinski definition) is 1. The molecular formula is C17H25N3O2. The van der Waals surface area contributed by atoms with Gasteiger partial charge in [0.25, 0.3) is 0 Å². The summed E-state index contributed by atoms with van der Waals surface area (Å²) in [5.74, 6) is 0.571. The second-order valence-corrected chi connectivity index (χ2v) is 6.70. The Balaban J connectivity index is 1.54. The molecule has 2 fully saturated rings. The number of piperidine rings is 1. The zero-order chi connectivity index (χ0) is 15.5. The summed E-state index contributed by atoms with van der Waals surface area (Å²) in [7, 11) is 0. The molecule has 1 aromatic heterocycles. The lowest BCUT2D eigenvalue weighted by atomic mass is 9.91. The van der Waals surface area contributed by atoms with Gasteiger partial charge in [0.05, 0.1) is 6.10 Å². The maximum atomic E-state index is 12.1. The summed E-state index contributed by atoms with van der Waals surface area (Å²) in [4.78, 5) is 18.6. The Morgan fingerprint density at radius 3 is 2.95 bits per heavy atom. The number of aromatic nitrogens is 1. The summed E-state index contributed by atoms with van der Waals surface area (Å²) in [6, 6.07) is 4.28. The number of amides is 1. The van der Waals surface area contributed by atoms with E-state index in [2.05, 4.69) is 27.3 Å². The third-order valence-electron chi connectivity index (χ3n) is 4.51. The molecular weight excluding hydrogens is 278 g/mol. The second kappa shape index (κ2) is 6.75. The molecule has 22 heavy (non-hydrogen) atoms. The quantitative estimate of drug-likeness (QED) is 0.918. The van der Waals surface area contributed by atoms with Gasteiger partial charge in [0.1, 0.15) is 6.10 Å². The van der Waals surface area contributed by atoms with Crippen LogP contribution in [0, 0.1) is 5.92 Å². The van der Waals surface area contributed by atoms with Crippen molar-refractivity contribution in [1.29, 1.82) is 0 Å². The van der Waals surface area contributed by atoms with Gasteiger partial charge in [-0.25, -0.2) is 0 Å². The average molecular weight is 303 g/mol. The minimum absolute atomic E-state index is 0.0464. The zero-order valence-corrected chi connectivity index (χ0v) is 13.4. The van der Waals surface area contributed by atoms with Gasteiger partial charge in [-0.05, 0) is 56.8 Å². The van der Waals surface area contributed by atoms with Crippen molar-refractivity contribution in [3.05, 3.63) is 30.1 Å². The summed E-state index contributed by atoms with van der Waals surface area (Å²) < 4.78 is 6.03. The van der Waals surface area contributed by atoms with E-state index in [4.69, 9.17) is 4.74 Å². The number of rotatable bonds is 4. The van der Waals surface area contributed by atoms with E-state index in [1.807, 2.05) is 26.2 Å². The third kappa shape index (κ3) is 3.65. The molecule has 3 heterocycles. The highest BCUT2D eigenvalue weighted by Gasteiger charge is 2.41. The lowest BCUT2D eigenvalue weighted by Crippen LogP contribution is -2.42. The number of pyridine rings is 1. The van der Waals surface area contributed by atoms with Crippen LogP contribution in [0.3, 0.4) is 0 Å². The van der Waals surface area contributed by atoms with Gasteiger partial charge in [0.15, 0.2) is 0 Å². The van der Waals surface area contributed by atoms with Crippen molar-refractivity contribution in [2.24, 2.45) is 5.92 Å². The molecule has 0 unspecified atom stereocenters. The van der Waals surface area contributed by atoms with E-state index in [1.165, 1.54) is 5.56 Å². The van der Waals surface area contributed by atoms with Gasteiger partial charge in [-0.2, -0.15) is 0 Å². The molecule has 0 aromatic carbocycles. The lowest BCUT2D eigenvalue weighted by molar-refractivity contribution is -0.133. The van der Waals surface area contributed by atoms with Crippen LogP contribution >= 0.6 is 0 Å². The van der Waals surface area contributed by atoms with E-state index >= 15 is 0 Å². The van der Waals surface area contributed by atoms with Gasteiger partial charge in [0.2, 0.25) is 5.91 Å². The van der Waals surface area contributed by atoms with Gasteiger partial charge in [0, 0.05) is 31.5 Å². The topological polar surface area (TPSA) is 54.5 Å². The molecule has 3 atom stereocenters. The average Bonchev–Trinajstić information content (AvgIpc) is 2.91. The number of ether oxygens (including phenoxy) is 1. The van der Waals surface area contributed by atoms with Crippen LogP contribution in [0.2, 0.25) is 0 Å². The Kier molecular flexibility index (Phi) is 4.74. The monoisotopic (exact) mass is 303 g/mol. The Hall–Kier alpha value is -1.46. The highest BCUT2D eigenvalue weighted by atomic mass is 16.5. The summed E-state index contributed by atoms with van der Waals surface area (Å²) >= 11 is 0. The third-order valence-corrected chi connectivity index (χ3v) is 4.51. The molecule has 0 bridgehead atoms. The molecule has 0 aliphatic carbocycles. The van der Waals surface area contributed by atoms with Crippen molar-refractivity contribution in [3.63, 3.8) is 0 Å². The molecule has 5 nitrogen and oxygen atoms in total. The number of fused-ring (bicyclic) bond motifs is 1. The van der Waals surface area contributed by atoms with Crippen molar-refractivity contribution < 1.29 is 9.53 Å². The van der Waals surface area contributed by atoms with Gasteiger partial charge >= 0.3 is 0 Å². The molecule has 3 rings (SSSR count). The summed E-state index contributed by atoms with van der Waals surface area (Å²) in [5, 5.41) is 2.96. The van der Waals surface area contributed by atoms with Crippen LogP contribution < -0.4 is 5.32 Å². The van der Waals surface area contributed by atoms with E-state index in [-0.39, 0.29) is 24.2 Å². The van der Waals surface area contributed by atoms with E-state index in [0.29, 0.717) is 5.92 Å². The smallest absolute Gasteiger partial charge is 0.249 e. The normalized spacial score (nSPS) is 28.6. The Labute approximate surface area is 132 Å². The van der Waals surface area contributed by atoms with Crippen molar-refractivity contribution in [2.75, 3.05) is 13.1 Å². The van der Waals surface area contributed by atoms with E-state index in [0.717, 1.165) is 32.5 Å². The Bertz CT molecular complexity index is 506. The lowest BCUT2D eigenvalue weighted by Gasteiger charge is -2.34. The fourth-order valence-electron chi connectivity index (χ4n) is 3.43. The van der Waals surface area contributed by atoms with Crippen LogP contribution in [-0.2, 0) is 16.1 Å². The number of likely N-dealkylation sites (tertiary alicyclic amines) is 1. The van der Waals surface area contributed by atoms with Gasteiger partial charge in [-0.15, -0.1) is 0 Å². The maximum absolute atomic E-state index is 12.1. The first-order chi connectivity index (χ1) is 10.6. The number of nitrogens with zero attached hydrogens (tertiary/aromatic N) is 2. The van der Waals surface area contributed by atoms with Gasteiger partial charge in [-0.1, -0.05) is 0 Å². The van der Waals surface area contributed by atoms with Gasteiger partial charge < -0.3 is 10.1 Å². The molecule has 0 spiro atoms. The van der Waals surface area contributed by atoms with Crippen LogP contribution in [0.1, 0.15) is 32.3 Å². The molecule has 120 valence electrons. The number of carbonyl (C=O) groups excluding carboxylic acids is 1. The molecule has 1 amide bonds. The van der Waals surface area contributed by atoms with Crippen LogP contribution in [0.4, 0.5) is 0 Å². The highest BCUT2D eigenvalue weighted by Crippen LogP contribution is 2.33. The SMILES string of the molecule is CC(C)NC(=O)[C@@H]1C[C@@H]2CCN(Cc3ccncc3)C[C@@H]2O1. The largest absolute Gasteiger partial charge is 0.364 e. The van der Waals surface area contributed by atoms with E-state index in [1.54, 1.807) is 0 Å². The summed E-state index contributed by atoms with van der Waals surface area (Å²) in [6.45, 7) is 6.88. The van der Waals surface area contributed by atoms with Crippen molar-refractivity contribution >= 4 is 5.91 Å². The number of hydrogen-bond acceptors (Lipinski definition) is 4. The first kappa shape index (κ1) is 15.4. The molecule has 2 aliphatic heterocycles. The molecule has 0 saturated carbocycles.